The predicted molar refractivity (Wildman–Crippen MR) is 128 cm³/mol. The molecule has 3 aromatic carbocycles. The number of aliphatic hydroxyl groups excluding tert-OH is 1. The van der Waals surface area contributed by atoms with Crippen molar-refractivity contribution < 1.29 is 18.3 Å². The Morgan fingerprint density at radius 1 is 0.970 bits per heavy atom. The number of aliphatic hydroxyl groups is 1. The number of nitrogens with zero attached hydrogens (tertiary/aromatic N) is 1. The molecule has 0 aliphatic carbocycles. The van der Waals surface area contributed by atoms with Gasteiger partial charge in [-0.05, 0) is 61.6 Å². The molecule has 0 aromatic heterocycles. The monoisotopic (exact) mass is 464 g/mol. The van der Waals surface area contributed by atoms with Gasteiger partial charge in [-0.1, -0.05) is 54.1 Å². The van der Waals surface area contributed by atoms with Crippen molar-refractivity contribution in [2.75, 3.05) is 17.8 Å². The normalized spacial score (nSPS) is 15.8. The van der Waals surface area contributed by atoms with Crippen molar-refractivity contribution in [1.82, 2.24) is 4.90 Å². The number of piperidine rings is 1. The minimum atomic E-state index is -3.82. The summed E-state index contributed by atoms with van der Waals surface area (Å²) >= 11 is 0. The number of carbonyl (C=O) groups is 1. The average Bonchev–Trinajstić information content (AvgIpc) is 2.85. The third-order valence-electron chi connectivity index (χ3n) is 6.11. The van der Waals surface area contributed by atoms with Crippen molar-refractivity contribution in [1.29, 1.82) is 0 Å². The lowest BCUT2D eigenvalue weighted by Gasteiger charge is -2.34. The summed E-state index contributed by atoms with van der Waals surface area (Å²) < 4.78 is 28.2. The molecule has 4 rings (SSSR count). The lowest BCUT2D eigenvalue weighted by molar-refractivity contribution is 0.0462. The molecule has 1 fully saturated rings. The van der Waals surface area contributed by atoms with E-state index < -0.39 is 16.1 Å². The maximum absolute atomic E-state index is 13.1. The summed E-state index contributed by atoms with van der Waals surface area (Å²) in [5.74, 6) is -0.114. The van der Waals surface area contributed by atoms with Crippen LogP contribution in [0.25, 0.3) is 0 Å². The summed E-state index contributed by atoms with van der Waals surface area (Å²) in [7, 11) is -3.82. The van der Waals surface area contributed by atoms with Crippen LogP contribution in [0.3, 0.4) is 0 Å². The summed E-state index contributed by atoms with van der Waals surface area (Å²) in [5, 5.41) is 10.7. The second-order valence-corrected chi connectivity index (χ2v) is 10.2. The van der Waals surface area contributed by atoms with E-state index >= 15 is 0 Å². The SMILES string of the molecule is Cc1ccc(NS(=O)(=O)c2cccc(C(=O)N3CCC(C(O)c4ccccc4)CC3)c2)cc1. The molecule has 0 bridgehead atoms. The van der Waals surface area contributed by atoms with Crippen molar-refractivity contribution in [2.24, 2.45) is 5.92 Å². The van der Waals surface area contributed by atoms with Gasteiger partial charge in [-0.2, -0.15) is 0 Å². The van der Waals surface area contributed by atoms with Gasteiger partial charge in [0.25, 0.3) is 15.9 Å². The molecule has 0 spiro atoms. The van der Waals surface area contributed by atoms with E-state index in [2.05, 4.69) is 4.72 Å². The topological polar surface area (TPSA) is 86.7 Å². The lowest BCUT2D eigenvalue weighted by atomic mass is 9.87. The number of sulfonamides is 1. The Labute approximate surface area is 194 Å². The van der Waals surface area contributed by atoms with Crippen LogP contribution in [0, 0.1) is 12.8 Å². The molecule has 1 aliphatic rings. The van der Waals surface area contributed by atoms with Crippen LogP contribution >= 0.6 is 0 Å². The van der Waals surface area contributed by atoms with Gasteiger partial charge in [0.15, 0.2) is 0 Å². The fraction of sp³-hybridized carbons (Fsp3) is 0.269. The van der Waals surface area contributed by atoms with Crippen LogP contribution in [0.2, 0.25) is 0 Å². The van der Waals surface area contributed by atoms with Gasteiger partial charge in [0.2, 0.25) is 0 Å². The second kappa shape index (κ2) is 9.77. The number of anilines is 1. The lowest BCUT2D eigenvalue weighted by Crippen LogP contribution is -2.39. The number of amides is 1. The predicted octanol–water partition coefficient (Wildman–Crippen LogP) is 4.38. The fourth-order valence-electron chi connectivity index (χ4n) is 4.16. The largest absolute Gasteiger partial charge is 0.388 e. The number of benzene rings is 3. The Balaban J connectivity index is 1.42. The highest BCUT2D eigenvalue weighted by atomic mass is 32.2. The molecular weight excluding hydrogens is 436 g/mol. The molecule has 33 heavy (non-hydrogen) atoms. The number of hydrogen-bond donors (Lipinski definition) is 2. The highest BCUT2D eigenvalue weighted by Crippen LogP contribution is 2.31. The number of likely N-dealkylation sites (tertiary alicyclic amines) is 1. The van der Waals surface area contributed by atoms with Crippen LogP contribution in [0.4, 0.5) is 5.69 Å². The molecule has 3 aromatic rings. The molecule has 0 radical (unpaired) electrons. The van der Waals surface area contributed by atoms with Crippen molar-refractivity contribution in [3.8, 4) is 0 Å². The molecule has 1 unspecified atom stereocenters. The molecule has 2 N–H and O–H groups in total. The Bertz CT molecular complexity index is 1200. The Morgan fingerprint density at radius 3 is 2.30 bits per heavy atom. The number of aryl methyl sites for hydroxylation is 1. The van der Waals surface area contributed by atoms with Gasteiger partial charge in [0.1, 0.15) is 0 Å². The first-order chi connectivity index (χ1) is 15.8. The van der Waals surface area contributed by atoms with Crippen molar-refractivity contribution in [3.63, 3.8) is 0 Å². The van der Waals surface area contributed by atoms with Gasteiger partial charge in [-0.15, -0.1) is 0 Å². The summed E-state index contributed by atoms with van der Waals surface area (Å²) in [4.78, 5) is 14.8. The third kappa shape index (κ3) is 5.43. The van der Waals surface area contributed by atoms with Crippen LogP contribution < -0.4 is 4.72 Å². The Hall–Kier alpha value is -3.16. The van der Waals surface area contributed by atoms with Crippen LogP contribution in [-0.2, 0) is 10.0 Å². The zero-order valence-electron chi connectivity index (χ0n) is 18.5. The van der Waals surface area contributed by atoms with Crippen LogP contribution in [0.1, 0.15) is 40.4 Å². The first-order valence-corrected chi connectivity index (χ1v) is 12.5. The van der Waals surface area contributed by atoms with Crippen molar-refractivity contribution in [2.45, 2.75) is 30.8 Å². The minimum Gasteiger partial charge on any atom is -0.388 e. The van der Waals surface area contributed by atoms with Gasteiger partial charge in [0, 0.05) is 24.3 Å². The van der Waals surface area contributed by atoms with E-state index in [1.807, 2.05) is 49.4 Å². The number of hydrogen-bond acceptors (Lipinski definition) is 4. The number of nitrogens with one attached hydrogen (secondary N) is 1. The highest BCUT2D eigenvalue weighted by Gasteiger charge is 2.29. The zero-order valence-corrected chi connectivity index (χ0v) is 19.3. The summed E-state index contributed by atoms with van der Waals surface area (Å²) in [6.07, 6.45) is 0.827. The molecule has 1 saturated heterocycles. The van der Waals surface area contributed by atoms with Gasteiger partial charge in [-0.25, -0.2) is 8.42 Å². The molecule has 1 atom stereocenters. The average molecular weight is 465 g/mol. The Kier molecular flexibility index (Phi) is 6.81. The van der Waals surface area contributed by atoms with Gasteiger partial charge >= 0.3 is 0 Å². The molecule has 7 heteroatoms. The van der Waals surface area contributed by atoms with Crippen LogP contribution in [0.15, 0.2) is 83.8 Å². The van der Waals surface area contributed by atoms with E-state index in [1.165, 1.54) is 12.1 Å². The van der Waals surface area contributed by atoms with Gasteiger partial charge in [-0.3, -0.25) is 9.52 Å². The van der Waals surface area contributed by atoms with Gasteiger partial charge in [0.05, 0.1) is 11.0 Å². The van der Waals surface area contributed by atoms with E-state index in [9.17, 15) is 18.3 Å². The third-order valence-corrected chi connectivity index (χ3v) is 7.49. The second-order valence-electron chi connectivity index (χ2n) is 8.48. The number of carbonyl (C=O) groups excluding carboxylic acids is 1. The van der Waals surface area contributed by atoms with E-state index in [1.54, 1.807) is 29.2 Å². The molecule has 172 valence electrons. The summed E-state index contributed by atoms with van der Waals surface area (Å²) in [6, 6.07) is 22.8. The molecule has 6 nitrogen and oxygen atoms in total. The van der Waals surface area contributed by atoms with Crippen LogP contribution in [-0.4, -0.2) is 37.4 Å². The zero-order chi connectivity index (χ0) is 23.4. The van der Waals surface area contributed by atoms with E-state index in [0.717, 1.165) is 11.1 Å². The minimum absolute atomic E-state index is 0.0447. The highest BCUT2D eigenvalue weighted by molar-refractivity contribution is 7.92. The van der Waals surface area contributed by atoms with Crippen molar-refractivity contribution in [3.05, 3.63) is 95.6 Å². The molecule has 1 heterocycles. The smallest absolute Gasteiger partial charge is 0.261 e. The quantitative estimate of drug-likeness (QED) is 0.567. The summed E-state index contributed by atoms with van der Waals surface area (Å²) in [5.41, 5.74) is 2.73. The van der Waals surface area contributed by atoms with Crippen molar-refractivity contribution >= 4 is 21.6 Å². The fourth-order valence-corrected chi connectivity index (χ4v) is 5.26. The summed E-state index contributed by atoms with van der Waals surface area (Å²) in [6.45, 7) is 2.97. The molecular formula is C26H28N2O4S. The standard InChI is InChI=1S/C26H28N2O4S/c1-19-10-12-23(13-11-19)27-33(31,32)24-9-5-8-22(18-24)26(30)28-16-14-21(15-17-28)25(29)20-6-3-2-4-7-20/h2-13,18,21,25,27,29H,14-17H2,1H3. The maximum atomic E-state index is 13.1. The number of rotatable bonds is 6. The Morgan fingerprint density at radius 2 is 1.64 bits per heavy atom. The molecule has 0 saturated carbocycles. The molecule has 1 amide bonds. The maximum Gasteiger partial charge on any atom is 0.261 e. The first kappa shape index (κ1) is 23.0. The van der Waals surface area contributed by atoms with Crippen LogP contribution in [0.5, 0.6) is 0 Å². The molecule has 1 aliphatic heterocycles. The van der Waals surface area contributed by atoms with E-state index in [0.29, 0.717) is 37.2 Å². The van der Waals surface area contributed by atoms with E-state index in [-0.39, 0.29) is 16.7 Å². The van der Waals surface area contributed by atoms with Gasteiger partial charge < -0.3 is 10.0 Å². The van der Waals surface area contributed by atoms with E-state index in [4.69, 9.17) is 0 Å². The first-order valence-electron chi connectivity index (χ1n) is 11.1.